The predicted octanol–water partition coefficient (Wildman–Crippen LogP) is 4.89. The molecule has 4 saturated heterocycles. The molecule has 1 aromatic heterocycles. The maximum absolute atomic E-state index is 15.0. The van der Waals surface area contributed by atoms with E-state index >= 15 is 0 Å². The fourth-order valence-electron chi connectivity index (χ4n) is 8.55. The van der Waals surface area contributed by atoms with E-state index in [1.807, 2.05) is 37.8 Å². The molecular formula is C40H53FN6O6. The van der Waals surface area contributed by atoms with E-state index < -0.39 is 17.3 Å². The molecule has 4 aliphatic heterocycles. The third kappa shape index (κ3) is 8.41. The number of ether oxygens (including phenoxy) is 2. The van der Waals surface area contributed by atoms with Gasteiger partial charge in [-0.25, -0.2) is 14.3 Å². The summed E-state index contributed by atoms with van der Waals surface area (Å²) in [6.07, 6.45) is 6.64. The molecule has 13 heteroatoms. The number of aromatic nitrogens is 2. The Morgan fingerprint density at radius 3 is 2.32 bits per heavy atom. The molecule has 286 valence electrons. The summed E-state index contributed by atoms with van der Waals surface area (Å²) in [6, 6.07) is 11.7. The Kier molecular flexibility index (Phi) is 10.3. The van der Waals surface area contributed by atoms with Crippen molar-refractivity contribution in [2.75, 3.05) is 52.4 Å². The van der Waals surface area contributed by atoms with E-state index in [0.717, 1.165) is 58.0 Å². The molecule has 1 saturated carbocycles. The molecule has 8 rings (SSSR count). The summed E-state index contributed by atoms with van der Waals surface area (Å²) in [5.41, 5.74) is 0.0466. The lowest BCUT2D eigenvalue weighted by Crippen LogP contribution is -2.63. The average Bonchev–Trinajstić information content (AvgIpc) is 3.14. The minimum absolute atomic E-state index is 0. The maximum atomic E-state index is 15.0. The van der Waals surface area contributed by atoms with Crippen LogP contribution < -0.4 is 10.9 Å². The summed E-state index contributed by atoms with van der Waals surface area (Å²) >= 11 is 0. The number of hydrogen-bond donors (Lipinski definition) is 2. The zero-order chi connectivity index (χ0) is 37.4. The number of carbonyl (C=O) groups excluding carboxylic acids is 3. The lowest BCUT2D eigenvalue weighted by atomic mass is 9.67. The van der Waals surface area contributed by atoms with E-state index in [0.29, 0.717) is 73.7 Å². The highest BCUT2D eigenvalue weighted by Gasteiger charge is 2.51. The molecule has 2 aromatic carbocycles. The first-order valence-corrected chi connectivity index (χ1v) is 19.0. The van der Waals surface area contributed by atoms with Crippen molar-refractivity contribution in [3.05, 3.63) is 75.5 Å². The summed E-state index contributed by atoms with van der Waals surface area (Å²) in [6.45, 7) is 9.66. The number of nitrogens with zero attached hydrogens (tertiary/aromatic N) is 4. The number of amides is 3. The van der Waals surface area contributed by atoms with E-state index in [9.17, 15) is 23.6 Å². The fourth-order valence-corrected chi connectivity index (χ4v) is 8.55. The highest BCUT2D eigenvalue weighted by Crippen LogP contribution is 2.47. The van der Waals surface area contributed by atoms with E-state index in [2.05, 4.69) is 20.4 Å². The normalized spacial score (nSPS) is 24.0. The quantitative estimate of drug-likeness (QED) is 0.334. The third-order valence-corrected chi connectivity index (χ3v) is 11.6. The van der Waals surface area contributed by atoms with Crippen LogP contribution in [0.3, 0.4) is 0 Å². The number of fused-ring (bicyclic) bond motifs is 4. The van der Waals surface area contributed by atoms with Gasteiger partial charge in [-0.15, -0.1) is 0 Å². The van der Waals surface area contributed by atoms with Gasteiger partial charge in [0.2, 0.25) is 5.91 Å². The zero-order valence-electron chi connectivity index (χ0n) is 31.0. The SMILES string of the molecule is CC(C)(C)OC(=O)NC12CCC(CC3CCN(CC(=O)N4CCN(C(=O)c5cc(Cc6n[nH]c(=O)c7ccccc67)ccc5F)CC4)CC3)(CC1)OC2.[HH]. The Morgan fingerprint density at radius 1 is 0.981 bits per heavy atom. The van der Waals surface area contributed by atoms with Gasteiger partial charge >= 0.3 is 6.09 Å². The van der Waals surface area contributed by atoms with Crippen molar-refractivity contribution < 1.29 is 29.7 Å². The van der Waals surface area contributed by atoms with E-state index in [-0.39, 0.29) is 35.7 Å². The number of nitrogens with one attached hydrogen (secondary N) is 2. The molecule has 53 heavy (non-hydrogen) atoms. The molecule has 5 heterocycles. The second-order valence-electron chi connectivity index (χ2n) is 16.5. The number of benzene rings is 2. The first-order valence-electron chi connectivity index (χ1n) is 19.0. The number of likely N-dealkylation sites (tertiary alicyclic amines) is 1. The predicted molar refractivity (Wildman–Crippen MR) is 199 cm³/mol. The molecule has 12 nitrogen and oxygen atoms in total. The summed E-state index contributed by atoms with van der Waals surface area (Å²) < 4.78 is 27.0. The van der Waals surface area contributed by atoms with Crippen LogP contribution in [0.25, 0.3) is 10.8 Å². The van der Waals surface area contributed by atoms with Crippen molar-refractivity contribution in [1.29, 1.82) is 0 Å². The number of halogens is 1. The number of alkyl carbamates (subject to hydrolysis) is 1. The Morgan fingerprint density at radius 2 is 1.66 bits per heavy atom. The van der Waals surface area contributed by atoms with Crippen LogP contribution in [0.2, 0.25) is 0 Å². The summed E-state index contributed by atoms with van der Waals surface area (Å²) in [4.78, 5) is 57.1. The molecule has 5 fully saturated rings. The molecule has 0 radical (unpaired) electrons. The van der Waals surface area contributed by atoms with Gasteiger partial charge in [-0.1, -0.05) is 24.3 Å². The van der Waals surface area contributed by atoms with Crippen LogP contribution in [0, 0.1) is 11.7 Å². The summed E-state index contributed by atoms with van der Waals surface area (Å²) in [5.74, 6) is -0.408. The second-order valence-corrected chi connectivity index (χ2v) is 16.5. The van der Waals surface area contributed by atoms with Gasteiger partial charge in [0.1, 0.15) is 11.4 Å². The van der Waals surface area contributed by atoms with Gasteiger partial charge in [-0.3, -0.25) is 19.3 Å². The first-order chi connectivity index (χ1) is 25.3. The third-order valence-electron chi connectivity index (χ3n) is 11.6. The molecule has 2 N–H and O–H groups in total. The Balaban J connectivity index is 0.00000497. The minimum atomic E-state index is -0.596. The van der Waals surface area contributed by atoms with Gasteiger partial charge in [0.15, 0.2) is 0 Å². The van der Waals surface area contributed by atoms with Crippen LogP contribution in [0.5, 0.6) is 0 Å². The van der Waals surface area contributed by atoms with Crippen LogP contribution in [0.15, 0.2) is 47.3 Å². The Bertz CT molecular complexity index is 1890. The van der Waals surface area contributed by atoms with E-state index in [1.165, 1.54) is 6.07 Å². The van der Waals surface area contributed by atoms with Crippen LogP contribution in [-0.4, -0.2) is 112 Å². The molecule has 5 aliphatic rings. The monoisotopic (exact) mass is 732 g/mol. The molecular weight excluding hydrogens is 679 g/mol. The van der Waals surface area contributed by atoms with Crippen LogP contribution in [0.4, 0.5) is 9.18 Å². The van der Waals surface area contributed by atoms with Gasteiger partial charge < -0.3 is 24.6 Å². The van der Waals surface area contributed by atoms with Crippen molar-refractivity contribution >= 4 is 28.7 Å². The van der Waals surface area contributed by atoms with Gasteiger partial charge in [0.05, 0.1) is 40.9 Å². The number of aromatic amines is 1. The smallest absolute Gasteiger partial charge is 0.408 e. The van der Waals surface area contributed by atoms with E-state index in [4.69, 9.17) is 9.47 Å². The van der Waals surface area contributed by atoms with Crippen LogP contribution in [0.1, 0.15) is 88.8 Å². The average molecular weight is 733 g/mol. The standard InChI is InChI=1S/C40H51FN6O6.H2/c1-38(2,3)53-37(51)42-39-12-14-40(15-13-39,52-26-39)24-27-10-16-45(17-11-27)25-34(48)46-18-20-47(21-19-46)36(50)31-22-28(8-9-32(31)41)23-33-29-6-4-5-7-30(29)35(49)44-43-33;/h4-9,22,27H,10-21,23-26H2,1-3H3,(H,42,51)(H,44,49);1H. The number of H-pyrrole nitrogens is 1. The summed E-state index contributed by atoms with van der Waals surface area (Å²) in [5, 5.41) is 11.1. The van der Waals surface area contributed by atoms with E-state index in [1.54, 1.807) is 29.2 Å². The van der Waals surface area contributed by atoms with Gasteiger partial charge in [-0.2, -0.15) is 5.10 Å². The van der Waals surface area contributed by atoms with Crippen molar-refractivity contribution in [3.63, 3.8) is 0 Å². The number of rotatable bonds is 8. The van der Waals surface area contributed by atoms with Crippen LogP contribution >= 0.6 is 0 Å². The molecule has 3 amide bonds. The van der Waals surface area contributed by atoms with Crippen molar-refractivity contribution in [3.8, 4) is 0 Å². The van der Waals surface area contributed by atoms with Crippen LogP contribution in [-0.2, 0) is 20.7 Å². The summed E-state index contributed by atoms with van der Waals surface area (Å²) in [7, 11) is 0. The minimum Gasteiger partial charge on any atom is -0.444 e. The molecule has 0 unspecified atom stereocenters. The number of piperidine rings is 1. The Hall–Kier alpha value is -4.36. The highest BCUT2D eigenvalue weighted by atomic mass is 19.1. The topological polar surface area (TPSA) is 137 Å². The highest BCUT2D eigenvalue weighted by molar-refractivity contribution is 5.95. The van der Waals surface area contributed by atoms with Gasteiger partial charge in [-0.05, 0) is 108 Å². The fraction of sp³-hybridized carbons (Fsp3) is 0.575. The van der Waals surface area contributed by atoms with Crippen molar-refractivity contribution in [2.45, 2.75) is 88.9 Å². The van der Waals surface area contributed by atoms with Crippen molar-refractivity contribution in [1.82, 2.24) is 30.2 Å². The Labute approximate surface area is 310 Å². The second kappa shape index (κ2) is 14.8. The van der Waals surface area contributed by atoms with Gasteiger partial charge in [0, 0.05) is 39.4 Å². The number of carbonyl (C=O) groups is 3. The largest absolute Gasteiger partial charge is 0.444 e. The molecule has 0 atom stereocenters. The van der Waals surface area contributed by atoms with Gasteiger partial charge in [0.25, 0.3) is 11.5 Å². The molecule has 2 bridgehead atoms. The lowest BCUT2D eigenvalue weighted by molar-refractivity contribution is -0.171. The lowest BCUT2D eigenvalue weighted by Gasteiger charge is -2.54. The molecule has 0 spiro atoms. The first kappa shape index (κ1) is 37.0. The zero-order valence-corrected chi connectivity index (χ0v) is 31.0. The molecule has 3 aromatic rings. The number of piperazine rings is 1. The van der Waals surface area contributed by atoms with Crippen molar-refractivity contribution in [2.24, 2.45) is 5.92 Å². The maximum Gasteiger partial charge on any atom is 0.408 e. The number of hydrogen-bond acceptors (Lipinski definition) is 8. The molecule has 1 aliphatic carbocycles.